The predicted molar refractivity (Wildman–Crippen MR) is 85.0 cm³/mol. The van der Waals surface area contributed by atoms with Gasteiger partial charge in [0.1, 0.15) is 0 Å². The Bertz CT molecular complexity index is 631. The number of hydrogen-bond donors (Lipinski definition) is 2. The topological polar surface area (TPSA) is 69.6 Å². The average Bonchev–Trinajstić information content (AvgIpc) is 3.01. The average molecular weight is 358 g/mol. The first-order valence-electron chi connectivity index (χ1n) is 8.07. The Balaban J connectivity index is 2.03. The number of benzene rings is 1. The van der Waals surface area contributed by atoms with E-state index in [-0.39, 0.29) is 0 Å². The van der Waals surface area contributed by atoms with Crippen LogP contribution in [0.2, 0.25) is 0 Å². The first kappa shape index (κ1) is 19.1. The number of aliphatic carboxylic acids is 1. The zero-order valence-electron chi connectivity index (χ0n) is 14.0. The number of nitrogens with one attached hydrogen (secondary N) is 1. The van der Waals surface area contributed by atoms with Crippen molar-refractivity contribution >= 4 is 12.0 Å². The Morgan fingerprint density at radius 3 is 2.32 bits per heavy atom. The molecule has 0 saturated carbocycles. The number of alkyl halides is 3. The van der Waals surface area contributed by atoms with Crippen LogP contribution < -0.4 is 5.32 Å². The molecule has 0 radical (unpaired) electrons. The molecule has 1 unspecified atom stereocenters. The lowest BCUT2D eigenvalue weighted by molar-refractivity contribution is -0.187. The molecule has 0 aromatic heterocycles. The Kier molecular flexibility index (Phi) is 5.59. The van der Waals surface area contributed by atoms with Crippen LogP contribution in [0.4, 0.5) is 18.0 Å². The maximum atomic E-state index is 13.0. The van der Waals surface area contributed by atoms with Gasteiger partial charge in [0, 0.05) is 13.1 Å². The van der Waals surface area contributed by atoms with Crippen LogP contribution in [0.5, 0.6) is 0 Å². The summed E-state index contributed by atoms with van der Waals surface area (Å²) < 4.78 is 39.0. The van der Waals surface area contributed by atoms with E-state index in [1.54, 1.807) is 6.92 Å². The van der Waals surface area contributed by atoms with Gasteiger partial charge in [-0.3, -0.25) is 4.79 Å². The molecule has 0 bridgehead atoms. The first-order valence-corrected chi connectivity index (χ1v) is 8.07. The largest absolute Gasteiger partial charge is 0.481 e. The molecule has 1 aliphatic rings. The van der Waals surface area contributed by atoms with Crippen LogP contribution >= 0.6 is 0 Å². The first-order chi connectivity index (χ1) is 11.6. The van der Waals surface area contributed by atoms with Crippen molar-refractivity contribution in [3.05, 3.63) is 35.4 Å². The number of carboxylic acid groups (broad SMARTS) is 1. The van der Waals surface area contributed by atoms with E-state index in [2.05, 4.69) is 5.32 Å². The third-order valence-electron chi connectivity index (χ3n) is 4.57. The fourth-order valence-corrected chi connectivity index (χ4v) is 2.95. The number of aryl methyl sites for hydroxylation is 1. The molecule has 2 N–H and O–H groups in total. The van der Waals surface area contributed by atoms with Crippen molar-refractivity contribution in [2.45, 2.75) is 32.5 Å². The van der Waals surface area contributed by atoms with E-state index in [1.807, 2.05) is 31.2 Å². The second kappa shape index (κ2) is 7.33. The number of carboxylic acids is 1. The van der Waals surface area contributed by atoms with Gasteiger partial charge in [-0.25, -0.2) is 4.79 Å². The van der Waals surface area contributed by atoms with Crippen LogP contribution in [0, 0.1) is 11.8 Å². The Morgan fingerprint density at radius 2 is 1.88 bits per heavy atom. The number of carbonyl (C=O) groups is 2. The number of likely N-dealkylation sites (tertiary alicyclic amines) is 1. The monoisotopic (exact) mass is 358 g/mol. The van der Waals surface area contributed by atoms with Gasteiger partial charge in [0.25, 0.3) is 0 Å². The van der Waals surface area contributed by atoms with E-state index >= 15 is 0 Å². The molecule has 138 valence electrons. The lowest BCUT2D eigenvalue weighted by atomic mass is 9.96. The van der Waals surface area contributed by atoms with Gasteiger partial charge in [-0.1, -0.05) is 31.2 Å². The molecule has 1 aromatic rings. The zero-order chi connectivity index (χ0) is 18.8. The highest BCUT2D eigenvalue weighted by atomic mass is 19.4. The van der Waals surface area contributed by atoms with Gasteiger partial charge in [-0.05, 0) is 24.5 Å². The molecule has 25 heavy (non-hydrogen) atoms. The normalized spacial score (nSPS) is 21.9. The number of nitrogens with zero attached hydrogens (tertiary/aromatic N) is 1. The quantitative estimate of drug-likeness (QED) is 0.868. The van der Waals surface area contributed by atoms with Gasteiger partial charge >= 0.3 is 18.2 Å². The lowest BCUT2D eigenvalue weighted by Gasteiger charge is -2.21. The summed E-state index contributed by atoms with van der Waals surface area (Å²) in [6.45, 7) is 2.65. The van der Waals surface area contributed by atoms with Gasteiger partial charge in [0.05, 0.1) is 17.9 Å². The Labute approximate surface area is 143 Å². The minimum absolute atomic E-state index is 0.397. The summed E-state index contributed by atoms with van der Waals surface area (Å²) in [5.74, 6) is -5.22. The molecule has 1 aliphatic heterocycles. The van der Waals surface area contributed by atoms with Gasteiger partial charge in [0.2, 0.25) is 0 Å². The van der Waals surface area contributed by atoms with Crippen LogP contribution in [0.1, 0.15) is 31.0 Å². The van der Waals surface area contributed by atoms with Crippen LogP contribution in [0.15, 0.2) is 24.3 Å². The second-order valence-electron chi connectivity index (χ2n) is 6.26. The Hall–Kier alpha value is -2.25. The second-order valence-corrected chi connectivity index (χ2v) is 6.26. The fourth-order valence-electron chi connectivity index (χ4n) is 2.95. The third-order valence-corrected chi connectivity index (χ3v) is 4.57. The number of urea groups is 1. The molecule has 1 saturated heterocycles. The van der Waals surface area contributed by atoms with Gasteiger partial charge < -0.3 is 15.3 Å². The van der Waals surface area contributed by atoms with Crippen molar-refractivity contribution in [1.29, 1.82) is 0 Å². The van der Waals surface area contributed by atoms with E-state index < -0.39 is 49.1 Å². The lowest BCUT2D eigenvalue weighted by Crippen LogP contribution is -2.40. The van der Waals surface area contributed by atoms with Crippen LogP contribution in [-0.4, -0.2) is 41.3 Å². The highest BCUT2D eigenvalue weighted by molar-refractivity contribution is 5.78. The maximum absolute atomic E-state index is 13.0. The molecule has 1 fully saturated rings. The summed E-state index contributed by atoms with van der Waals surface area (Å²) in [7, 11) is 0. The molecule has 2 rings (SSSR count). The summed E-state index contributed by atoms with van der Waals surface area (Å²) in [5.41, 5.74) is 1.96. The molecule has 0 aliphatic carbocycles. The number of rotatable bonds is 4. The molecule has 1 aromatic carbocycles. The minimum atomic E-state index is -4.65. The van der Waals surface area contributed by atoms with E-state index in [4.69, 9.17) is 5.11 Å². The van der Waals surface area contributed by atoms with E-state index in [0.717, 1.165) is 22.4 Å². The van der Waals surface area contributed by atoms with Crippen molar-refractivity contribution in [3.8, 4) is 0 Å². The molecular weight excluding hydrogens is 337 g/mol. The van der Waals surface area contributed by atoms with Crippen LogP contribution in [-0.2, 0) is 11.2 Å². The summed E-state index contributed by atoms with van der Waals surface area (Å²) in [5, 5.41) is 11.6. The van der Waals surface area contributed by atoms with Gasteiger partial charge in [-0.15, -0.1) is 0 Å². The van der Waals surface area contributed by atoms with E-state index in [9.17, 15) is 22.8 Å². The Morgan fingerprint density at radius 1 is 1.28 bits per heavy atom. The standard InChI is InChI=1S/C17H21F3N2O3/c1-3-11-4-6-12(7-5-11)10(2)21-16(25)22-8-13(15(23)24)14(9-22)17(18,19)20/h4-7,10,13-14H,3,8-9H2,1-2H3,(H,21,25)(H,23,24)/t10?,13-,14-/m1/s1. The summed E-state index contributed by atoms with van der Waals surface area (Å²) in [6.07, 6.45) is -3.77. The van der Waals surface area contributed by atoms with Crippen molar-refractivity contribution in [1.82, 2.24) is 10.2 Å². The molecule has 3 atom stereocenters. The summed E-state index contributed by atoms with van der Waals surface area (Å²) in [4.78, 5) is 24.2. The fraction of sp³-hybridized carbons (Fsp3) is 0.529. The van der Waals surface area contributed by atoms with E-state index in [0.29, 0.717) is 0 Å². The molecule has 2 amide bonds. The van der Waals surface area contributed by atoms with Crippen molar-refractivity contribution in [2.75, 3.05) is 13.1 Å². The highest BCUT2D eigenvalue weighted by Gasteiger charge is 2.53. The molecule has 8 heteroatoms. The predicted octanol–water partition coefficient (Wildman–Crippen LogP) is 3.21. The van der Waals surface area contributed by atoms with Crippen molar-refractivity contribution < 1.29 is 27.9 Å². The maximum Gasteiger partial charge on any atom is 0.394 e. The highest BCUT2D eigenvalue weighted by Crippen LogP contribution is 2.37. The summed E-state index contributed by atoms with van der Waals surface area (Å²) >= 11 is 0. The zero-order valence-corrected chi connectivity index (χ0v) is 14.0. The number of halogens is 3. The van der Waals surface area contributed by atoms with E-state index in [1.165, 1.54) is 0 Å². The van der Waals surface area contributed by atoms with Crippen LogP contribution in [0.3, 0.4) is 0 Å². The SMILES string of the molecule is CCc1ccc(C(C)NC(=O)N2C[C@@H](C(F)(F)F)[C@H](C(=O)O)C2)cc1. The minimum Gasteiger partial charge on any atom is -0.481 e. The van der Waals surface area contributed by atoms with Gasteiger partial charge in [-0.2, -0.15) is 13.2 Å². The molecular formula is C17H21F3N2O3. The van der Waals surface area contributed by atoms with Gasteiger partial charge in [0.15, 0.2) is 0 Å². The van der Waals surface area contributed by atoms with Crippen LogP contribution in [0.25, 0.3) is 0 Å². The molecule has 1 heterocycles. The number of carbonyl (C=O) groups excluding carboxylic acids is 1. The van der Waals surface area contributed by atoms with Crippen molar-refractivity contribution in [3.63, 3.8) is 0 Å². The number of amides is 2. The smallest absolute Gasteiger partial charge is 0.394 e. The summed E-state index contributed by atoms with van der Waals surface area (Å²) in [6, 6.07) is 6.47. The molecule has 0 spiro atoms. The molecule has 5 nitrogen and oxygen atoms in total. The van der Waals surface area contributed by atoms with Crippen molar-refractivity contribution in [2.24, 2.45) is 11.8 Å². The third kappa shape index (κ3) is 4.43. The number of hydrogen-bond acceptors (Lipinski definition) is 2.